The van der Waals surface area contributed by atoms with Crippen LogP contribution < -0.4 is 0 Å². The van der Waals surface area contributed by atoms with Crippen LogP contribution in [0.3, 0.4) is 0 Å². The molecule has 0 spiro atoms. The lowest BCUT2D eigenvalue weighted by molar-refractivity contribution is 0.188. The average molecular weight is 201 g/mol. The van der Waals surface area contributed by atoms with Crippen LogP contribution in [0, 0.1) is 11.8 Å². The van der Waals surface area contributed by atoms with Gasteiger partial charge in [-0.05, 0) is 30.6 Å². The van der Waals surface area contributed by atoms with E-state index in [0.29, 0.717) is 12.5 Å². The zero-order chi connectivity index (χ0) is 9.26. The van der Waals surface area contributed by atoms with E-state index in [1.54, 1.807) is 0 Å². The van der Waals surface area contributed by atoms with Gasteiger partial charge in [-0.3, -0.25) is 4.90 Å². The highest BCUT2D eigenvalue weighted by Gasteiger charge is 2.33. The van der Waals surface area contributed by atoms with Gasteiger partial charge in [0.15, 0.2) is 0 Å². The number of likely N-dealkylation sites (tertiary alicyclic amines) is 1. The van der Waals surface area contributed by atoms with Crippen molar-refractivity contribution in [2.75, 3.05) is 31.2 Å². The van der Waals surface area contributed by atoms with Gasteiger partial charge in [0, 0.05) is 24.9 Å². The molecule has 2 rings (SSSR count). The first-order valence-electron chi connectivity index (χ1n) is 5.24. The lowest BCUT2D eigenvalue weighted by Crippen LogP contribution is -2.37. The molecule has 0 radical (unpaired) electrons. The minimum absolute atomic E-state index is 0.380. The van der Waals surface area contributed by atoms with Crippen LogP contribution in [0.15, 0.2) is 0 Å². The van der Waals surface area contributed by atoms with Crippen molar-refractivity contribution in [2.24, 2.45) is 11.8 Å². The summed E-state index contributed by atoms with van der Waals surface area (Å²) in [5.74, 6) is 4.03. The average Bonchev–Trinajstić information content (AvgIpc) is 2.71. The molecule has 2 aliphatic rings. The van der Waals surface area contributed by atoms with E-state index in [2.05, 4.69) is 23.6 Å². The van der Waals surface area contributed by atoms with Gasteiger partial charge in [-0.25, -0.2) is 0 Å². The molecule has 76 valence electrons. The predicted octanol–water partition coefficient (Wildman–Crippen LogP) is 1.05. The third-order valence-corrected chi connectivity index (χ3v) is 4.71. The molecule has 0 aromatic carbocycles. The Morgan fingerprint density at radius 2 is 2.31 bits per heavy atom. The van der Waals surface area contributed by atoms with Crippen LogP contribution in [0.1, 0.15) is 13.3 Å². The summed E-state index contributed by atoms with van der Waals surface area (Å²) in [5, 5.41) is 9.06. The Balaban J connectivity index is 1.88. The van der Waals surface area contributed by atoms with E-state index in [4.69, 9.17) is 5.11 Å². The first-order chi connectivity index (χ1) is 6.31. The van der Waals surface area contributed by atoms with Crippen molar-refractivity contribution in [3.8, 4) is 0 Å². The maximum atomic E-state index is 9.06. The number of aliphatic hydroxyl groups is 1. The van der Waals surface area contributed by atoms with Gasteiger partial charge in [0.2, 0.25) is 0 Å². The van der Waals surface area contributed by atoms with Crippen LogP contribution in [0.2, 0.25) is 0 Å². The molecule has 1 N–H and O–H groups in total. The van der Waals surface area contributed by atoms with Crippen molar-refractivity contribution in [3.05, 3.63) is 0 Å². The van der Waals surface area contributed by atoms with E-state index in [-0.39, 0.29) is 0 Å². The van der Waals surface area contributed by atoms with Gasteiger partial charge >= 0.3 is 0 Å². The zero-order valence-corrected chi connectivity index (χ0v) is 9.09. The van der Waals surface area contributed by atoms with Gasteiger partial charge in [-0.15, -0.1) is 0 Å². The smallest absolute Gasteiger partial charge is 0.0471 e. The van der Waals surface area contributed by atoms with Crippen molar-refractivity contribution < 1.29 is 5.11 Å². The van der Waals surface area contributed by atoms with Gasteiger partial charge in [-0.1, -0.05) is 6.92 Å². The predicted molar refractivity (Wildman–Crippen MR) is 57.0 cm³/mol. The number of thioether (sulfide) groups is 1. The molecule has 3 heteroatoms. The van der Waals surface area contributed by atoms with Gasteiger partial charge in [-0.2, -0.15) is 11.8 Å². The Morgan fingerprint density at radius 1 is 1.46 bits per heavy atom. The largest absolute Gasteiger partial charge is 0.396 e. The minimum atomic E-state index is 0.380. The maximum Gasteiger partial charge on any atom is 0.0471 e. The number of hydrogen-bond donors (Lipinski definition) is 1. The van der Waals surface area contributed by atoms with Crippen molar-refractivity contribution in [1.29, 1.82) is 0 Å². The van der Waals surface area contributed by atoms with Gasteiger partial charge < -0.3 is 5.11 Å². The standard InChI is InChI=1S/C10H19NOS/c1-8-6-13-7-10(8)11-3-2-9(4-11)5-12/h8-10,12H,2-7H2,1H3. The second-order valence-electron chi connectivity index (χ2n) is 4.41. The lowest BCUT2D eigenvalue weighted by Gasteiger charge is -2.26. The number of nitrogens with zero attached hydrogens (tertiary/aromatic N) is 1. The second kappa shape index (κ2) is 4.20. The van der Waals surface area contributed by atoms with E-state index >= 15 is 0 Å². The molecule has 3 atom stereocenters. The van der Waals surface area contributed by atoms with E-state index in [9.17, 15) is 0 Å². The minimum Gasteiger partial charge on any atom is -0.396 e. The third-order valence-electron chi connectivity index (χ3n) is 3.37. The van der Waals surface area contributed by atoms with Crippen molar-refractivity contribution in [3.63, 3.8) is 0 Å². The SMILES string of the molecule is CC1CSCC1N1CCC(CO)C1. The summed E-state index contributed by atoms with van der Waals surface area (Å²) in [6, 6.07) is 0.793. The number of rotatable bonds is 2. The molecular weight excluding hydrogens is 182 g/mol. The molecule has 13 heavy (non-hydrogen) atoms. The fourth-order valence-electron chi connectivity index (χ4n) is 2.43. The molecule has 2 heterocycles. The van der Waals surface area contributed by atoms with E-state index in [0.717, 1.165) is 18.5 Å². The Bertz CT molecular complexity index is 176. The molecule has 2 nitrogen and oxygen atoms in total. The highest BCUT2D eigenvalue weighted by Crippen LogP contribution is 2.31. The van der Waals surface area contributed by atoms with Gasteiger partial charge in [0.1, 0.15) is 0 Å². The highest BCUT2D eigenvalue weighted by molar-refractivity contribution is 7.99. The summed E-state index contributed by atoms with van der Waals surface area (Å²) in [6.07, 6.45) is 1.20. The quantitative estimate of drug-likeness (QED) is 0.722. The Hall–Kier alpha value is 0.270. The molecule has 0 aromatic rings. The highest BCUT2D eigenvalue weighted by atomic mass is 32.2. The summed E-state index contributed by atoms with van der Waals surface area (Å²) in [4.78, 5) is 2.59. The molecule has 2 saturated heterocycles. The first kappa shape index (κ1) is 9.81. The third kappa shape index (κ3) is 2.03. The molecule has 2 fully saturated rings. The lowest BCUT2D eigenvalue weighted by atomic mass is 10.1. The topological polar surface area (TPSA) is 23.5 Å². The molecule has 3 unspecified atom stereocenters. The van der Waals surface area contributed by atoms with Crippen LogP contribution in [0.5, 0.6) is 0 Å². The molecule has 0 amide bonds. The first-order valence-corrected chi connectivity index (χ1v) is 6.39. The zero-order valence-electron chi connectivity index (χ0n) is 8.28. The number of aliphatic hydroxyl groups excluding tert-OH is 1. The van der Waals surface area contributed by atoms with Crippen molar-refractivity contribution in [2.45, 2.75) is 19.4 Å². The summed E-state index contributed by atoms with van der Waals surface area (Å²) in [5.41, 5.74) is 0. The summed E-state index contributed by atoms with van der Waals surface area (Å²) in [6.45, 7) is 5.08. The normalized spacial score (nSPS) is 41.5. The van der Waals surface area contributed by atoms with Crippen LogP contribution in [0.4, 0.5) is 0 Å². The van der Waals surface area contributed by atoms with Crippen LogP contribution in [-0.2, 0) is 0 Å². The second-order valence-corrected chi connectivity index (χ2v) is 5.49. The number of hydrogen-bond acceptors (Lipinski definition) is 3. The van der Waals surface area contributed by atoms with E-state index in [1.807, 2.05) is 0 Å². The molecule has 2 aliphatic heterocycles. The van der Waals surface area contributed by atoms with E-state index < -0.39 is 0 Å². The Morgan fingerprint density at radius 3 is 2.85 bits per heavy atom. The maximum absolute atomic E-state index is 9.06. The van der Waals surface area contributed by atoms with Crippen LogP contribution >= 0.6 is 11.8 Å². The van der Waals surface area contributed by atoms with Crippen molar-refractivity contribution in [1.82, 2.24) is 4.90 Å². The van der Waals surface area contributed by atoms with E-state index in [1.165, 1.54) is 24.5 Å². The van der Waals surface area contributed by atoms with Crippen LogP contribution in [-0.4, -0.2) is 47.3 Å². The Labute approximate surface area is 84.7 Å². The monoisotopic (exact) mass is 201 g/mol. The molecule has 0 saturated carbocycles. The summed E-state index contributed by atoms with van der Waals surface area (Å²) < 4.78 is 0. The van der Waals surface area contributed by atoms with Gasteiger partial charge in [0.05, 0.1) is 0 Å². The van der Waals surface area contributed by atoms with Crippen molar-refractivity contribution >= 4 is 11.8 Å². The molecule has 0 aliphatic carbocycles. The molecule has 0 aromatic heterocycles. The Kier molecular flexibility index (Phi) is 3.17. The fourth-order valence-corrected chi connectivity index (χ4v) is 3.94. The fraction of sp³-hybridized carbons (Fsp3) is 1.00. The molecule has 0 bridgehead atoms. The summed E-state index contributed by atoms with van der Waals surface area (Å²) in [7, 11) is 0. The summed E-state index contributed by atoms with van der Waals surface area (Å²) >= 11 is 2.08. The van der Waals surface area contributed by atoms with Gasteiger partial charge in [0.25, 0.3) is 0 Å². The molecular formula is C10H19NOS. The van der Waals surface area contributed by atoms with Crippen LogP contribution in [0.25, 0.3) is 0 Å².